The summed E-state index contributed by atoms with van der Waals surface area (Å²) in [4.78, 5) is 26.5. The van der Waals surface area contributed by atoms with E-state index >= 15 is 0 Å². The Hall–Kier alpha value is -3.50. The highest BCUT2D eigenvalue weighted by molar-refractivity contribution is 5.82. The molecule has 174 valence electrons. The molecule has 2 aliphatic rings. The first-order valence-electron chi connectivity index (χ1n) is 12.0. The number of carbonyl (C=O) groups is 1. The van der Waals surface area contributed by atoms with Crippen molar-refractivity contribution in [3.8, 4) is 6.07 Å². The van der Waals surface area contributed by atoms with E-state index in [0.717, 1.165) is 36.2 Å². The van der Waals surface area contributed by atoms with E-state index in [2.05, 4.69) is 52.2 Å². The Morgan fingerprint density at radius 3 is 2.85 bits per heavy atom. The van der Waals surface area contributed by atoms with E-state index in [1.54, 1.807) is 6.20 Å². The zero-order chi connectivity index (χ0) is 23.7. The number of aromatic nitrogens is 2. The van der Waals surface area contributed by atoms with E-state index in [0.29, 0.717) is 24.4 Å². The van der Waals surface area contributed by atoms with Crippen LogP contribution in [-0.2, 0) is 4.79 Å². The van der Waals surface area contributed by atoms with Gasteiger partial charge in [-0.3, -0.25) is 9.78 Å². The van der Waals surface area contributed by atoms with Crippen LogP contribution in [0.5, 0.6) is 0 Å². The summed E-state index contributed by atoms with van der Waals surface area (Å²) in [5, 5.41) is 13.7. The third kappa shape index (κ3) is 4.22. The van der Waals surface area contributed by atoms with E-state index in [-0.39, 0.29) is 24.0 Å². The molecule has 0 saturated carbocycles. The molecule has 1 amide bonds. The van der Waals surface area contributed by atoms with Crippen LogP contribution in [0.15, 0.2) is 54.9 Å². The molecule has 5 rings (SSSR count). The summed E-state index contributed by atoms with van der Waals surface area (Å²) >= 11 is 0. The van der Waals surface area contributed by atoms with E-state index in [4.69, 9.17) is 5.26 Å². The number of amides is 1. The number of hydrogen-bond donors (Lipinski definition) is 1. The predicted molar refractivity (Wildman–Crippen MR) is 132 cm³/mol. The van der Waals surface area contributed by atoms with Gasteiger partial charge in [-0.1, -0.05) is 25.1 Å². The summed E-state index contributed by atoms with van der Waals surface area (Å²) in [7, 11) is 0. The van der Waals surface area contributed by atoms with Gasteiger partial charge in [-0.15, -0.1) is 0 Å². The number of piperazine rings is 1. The van der Waals surface area contributed by atoms with Gasteiger partial charge in [0, 0.05) is 55.9 Å². The minimum Gasteiger partial charge on any atom is -0.347 e. The molecular weight excluding hydrogens is 424 g/mol. The summed E-state index contributed by atoms with van der Waals surface area (Å²) in [5.74, 6) is 1.61. The Labute approximate surface area is 200 Å². The van der Waals surface area contributed by atoms with Gasteiger partial charge in [-0.25, -0.2) is 4.98 Å². The molecule has 2 aliphatic heterocycles. The highest BCUT2D eigenvalue weighted by atomic mass is 16.2. The first kappa shape index (κ1) is 22.3. The van der Waals surface area contributed by atoms with Gasteiger partial charge in [0.1, 0.15) is 11.9 Å². The molecule has 3 aromatic rings. The van der Waals surface area contributed by atoms with Gasteiger partial charge in [0.05, 0.1) is 17.1 Å². The average Bonchev–Trinajstić information content (AvgIpc) is 3.07. The molecule has 34 heavy (non-hydrogen) atoms. The van der Waals surface area contributed by atoms with Crippen LogP contribution < -0.4 is 10.2 Å². The van der Waals surface area contributed by atoms with Crippen molar-refractivity contribution in [3.05, 3.63) is 66.0 Å². The molecule has 4 atom stereocenters. The van der Waals surface area contributed by atoms with Crippen molar-refractivity contribution in [1.82, 2.24) is 20.2 Å². The van der Waals surface area contributed by atoms with Gasteiger partial charge in [0.2, 0.25) is 5.91 Å². The summed E-state index contributed by atoms with van der Waals surface area (Å²) < 4.78 is 0. The molecule has 2 bridgehead atoms. The molecule has 0 aliphatic carbocycles. The normalized spacial score (nSPS) is 22.6. The smallest absolute Gasteiger partial charge is 0.223 e. The van der Waals surface area contributed by atoms with Crippen LogP contribution in [0.25, 0.3) is 10.9 Å². The van der Waals surface area contributed by atoms with E-state index in [9.17, 15) is 4.79 Å². The number of pyridine rings is 2. The highest BCUT2D eigenvalue weighted by Gasteiger charge is 2.45. The van der Waals surface area contributed by atoms with Crippen LogP contribution in [0.4, 0.5) is 5.82 Å². The summed E-state index contributed by atoms with van der Waals surface area (Å²) in [5.41, 5.74) is 2.76. The maximum atomic E-state index is 13.1. The van der Waals surface area contributed by atoms with Crippen molar-refractivity contribution in [2.24, 2.45) is 5.92 Å². The largest absolute Gasteiger partial charge is 0.347 e. The minimum absolute atomic E-state index is 0.135. The van der Waals surface area contributed by atoms with Crippen LogP contribution in [0, 0.1) is 17.2 Å². The number of nitriles is 1. The second kappa shape index (κ2) is 9.40. The third-order valence-electron chi connectivity index (χ3n) is 7.32. The lowest BCUT2D eigenvalue weighted by atomic mass is 10.0. The predicted octanol–water partition coefficient (Wildman–Crippen LogP) is 3.67. The number of rotatable bonds is 6. The fourth-order valence-electron chi connectivity index (χ4n) is 5.56. The van der Waals surface area contributed by atoms with Gasteiger partial charge in [-0.05, 0) is 49.1 Å². The monoisotopic (exact) mass is 454 g/mol. The van der Waals surface area contributed by atoms with Gasteiger partial charge < -0.3 is 15.1 Å². The number of carbonyl (C=O) groups excluding carboxylic acids is 1. The lowest BCUT2D eigenvalue weighted by Gasteiger charge is -2.42. The number of nitrogens with one attached hydrogen (secondary N) is 1. The molecule has 1 N–H and O–H groups in total. The first-order chi connectivity index (χ1) is 16.5. The molecule has 7 nitrogen and oxygen atoms in total. The van der Waals surface area contributed by atoms with Crippen LogP contribution in [0.1, 0.15) is 43.9 Å². The van der Waals surface area contributed by atoms with Gasteiger partial charge in [-0.2, -0.15) is 5.26 Å². The molecule has 2 aromatic heterocycles. The van der Waals surface area contributed by atoms with Gasteiger partial charge in [0.25, 0.3) is 0 Å². The van der Waals surface area contributed by atoms with Crippen LogP contribution in [-0.4, -0.2) is 52.5 Å². The molecular formula is C27H30N6O. The van der Waals surface area contributed by atoms with Crippen molar-refractivity contribution in [2.45, 2.75) is 44.8 Å². The zero-order valence-electron chi connectivity index (χ0n) is 19.7. The van der Waals surface area contributed by atoms with Crippen molar-refractivity contribution in [1.29, 1.82) is 5.26 Å². The summed E-state index contributed by atoms with van der Waals surface area (Å²) in [6.45, 7) is 6.49. The number of likely N-dealkylation sites (tertiary alicyclic amines) is 1. The fourth-order valence-corrected chi connectivity index (χ4v) is 5.56. The number of fused-ring (bicyclic) bond motifs is 3. The van der Waals surface area contributed by atoms with Crippen molar-refractivity contribution < 1.29 is 4.79 Å². The molecule has 2 unspecified atom stereocenters. The van der Waals surface area contributed by atoms with E-state index in [1.165, 1.54) is 5.56 Å². The molecule has 2 saturated heterocycles. The standard InChI is InChI=1S/C27H30N6O/c1-18-13-21-16-32(17-25(18)33(21)26-9-8-20(14-28)15-31-26)27(34)10-12-29-19(2)22-5-3-7-24-23(22)6-4-11-30-24/h3-9,11,15,18-19,21,25,29H,10,12-13,16-17H2,1-2H3/t18-,19+,21?,25?/m0/s1. The lowest BCUT2D eigenvalue weighted by molar-refractivity contribution is -0.132. The fraction of sp³-hybridized carbons (Fsp3) is 0.407. The highest BCUT2D eigenvalue weighted by Crippen LogP contribution is 2.37. The summed E-state index contributed by atoms with van der Waals surface area (Å²) in [6.07, 6.45) is 4.99. The molecule has 0 spiro atoms. The molecule has 2 fully saturated rings. The zero-order valence-corrected chi connectivity index (χ0v) is 19.7. The SMILES string of the molecule is C[C@@H](NCCC(=O)N1CC2C[C@H](C)C(C1)N2c1ccc(C#N)cn1)c1cccc2ncccc12. The number of hydrogen-bond acceptors (Lipinski definition) is 6. The van der Waals surface area contributed by atoms with Crippen molar-refractivity contribution in [2.75, 3.05) is 24.5 Å². The van der Waals surface area contributed by atoms with E-state index in [1.807, 2.05) is 41.4 Å². The molecule has 1 aromatic carbocycles. The van der Waals surface area contributed by atoms with Gasteiger partial charge >= 0.3 is 0 Å². The first-order valence-corrected chi connectivity index (χ1v) is 12.0. The van der Waals surface area contributed by atoms with Crippen LogP contribution in [0.3, 0.4) is 0 Å². The third-order valence-corrected chi connectivity index (χ3v) is 7.32. The lowest BCUT2D eigenvalue weighted by Crippen LogP contribution is -2.56. The maximum absolute atomic E-state index is 13.1. The Morgan fingerprint density at radius 2 is 2.09 bits per heavy atom. The second-order valence-electron chi connectivity index (χ2n) is 9.50. The maximum Gasteiger partial charge on any atom is 0.223 e. The molecule has 4 heterocycles. The van der Waals surface area contributed by atoms with Gasteiger partial charge in [0.15, 0.2) is 0 Å². The number of benzene rings is 1. The average molecular weight is 455 g/mol. The number of anilines is 1. The molecule has 0 radical (unpaired) electrons. The van der Waals surface area contributed by atoms with Crippen LogP contribution in [0.2, 0.25) is 0 Å². The Balaban J connectivity index is 1.19. The van der Waals surface area contributed by atoms with E-state index < -0.39 is 0 Å². The Bertz CT molecular complexity index is 1210. The Morgan fingerprint density at radius 1 is 1.21 bits per heavy atom. The topological polar surface area (TPSA) is 85.2 Å². The summed E-state index contributed by atoms with van der Waals surface area (Å²) in [6, 6.07) is 16.8. The van der Waals surface area contributed by atoms with Crippen molar-refractivity contribution >= 4 is 22.6 Å². The quantitative estimate of drug-likeness (QED) is 0.612. The van der Waals surface area contributed by atoms with Crippen molar-refractivity contribution in [3.63, 3.8) is 0 Å². The Kier molecular flexibility index (Phi) is 6.16. The minimum atomic E-state index is 0.135. The number of nitrogens with zero attached hydrogens (tertiary/aromatic N) is 5. The molecule has 7 heteroatoms. The van der Waals surface area contributed by atoms with Crippen LogP contribution >= 0.6 is 0 Å². The second-order valence-corrected chi connectivity index (χ2v) is 9.50.